The maximum atomic E-state index is 12.2. The third-order valence-electron chi connectivity index (χ3n) is 3.12. The molecule has 0 bridgehead atoms. The van der Waals surface area contributed by atoms with Crippen LogP contribution in [0.5, 0.6) is 0 Å². The highest BCUT2D eigenvalue weighted by Gasteiger charge is 2.22. The quantitative estimate of drug-likeness (QED) is 0.705. The van der Waals surface area contributed by atoms with Crippen LogP contribution in [0.1, 0.15) is 34.1 Å². The van der Waals surface area contributed by atoms with Crippen molar-refractivity contribution in [3.05, 3.63) is 11.1 Å². The van der Waals surface area contributed by atoms with E-state index in [-0.39, 0.29) is 23.1 Å². The van der Waals surface area contributed by atoms with Gasteiger partial charge in [0.25, 0.3) is 0 Å². The molecule has 0 spiro atoms. The van der Waals surface area contributed by atoms with Gasteiger partial charge in [0.2, 0.25) is 5.91 Å². The average Bonchev–Trinajstić information content (AvgIpc) is 2.36. The van der Waals surface area contributed by atoms with Crippen LogP contribution >= 0.6 is 0 Å². The van der Waals surface area contributed by atoms with Gasteiger partial charge in [-0.2, -0.15) is 0 Å². The smallest absolute Gasteiger partial charge is 0.331 e. The summed E-state index contributed by atoms with van der Waals surface area (Å²) < 4.78 is 4.98. The number of carboxylic acids is 1. The lowest BCUT2D eigenvalue weighted by Gasteiger charge is -2.29. The molecule has 18 heavy (non-hydrogen) atoms. The zero-order valence-electron chi connectivity index (χ0n) is 11.8. The fourth-order valence-corrected chi connectivity index (χ4v) is 1.47. The molecule has 1 unspecified atom stereocenters. The Balaban J connectivity index is 5.07. The number of hydrogen-bond acceptors (Lipinski definition) is 3. The van der Waals surface area contributed by atoms with E-state index in [1.165, 1.54) is 6.92 Å². The molecule has 0 rings (SSSR count). The van der Waals surface area contributed by atoms with E-state index in [0.29, 0.717) is 13.2 Å². The molecule has 0 heterocycles. The molecule has 5 heteroatoms. The van der Waals surface area contributed by atoms with Gasteiger partial charge in [-0.1, -0.05) is 6.92 Å². The minimum absolute atomic E-state index is 0.0594. The molecule has 0 saturated carbocycles. The topological polar surface area (TPSA) is 66.8 Å². The first-order valence-corrected chi connectivity index (χ1v) is 6.07. The molecular formula is C13H23NO4. The van der Waals surface area contributed by atoms with Gasteiger partial charge in [0.05, 0.1) is 6.61 Å². The molecule has 0 fully saturated rings. The number of carboxylic acid groups (broad SMARTS) is 1. The standard InChI is InChI=1S/C13H23NO4/c1-6-9(2)14(7-8-18-5)12(15)10(3)11(4)13(16)17/h9H,6-8H2,1-5H3,(H,16,17)/b11-10-. The molecule has 0 saturated heterocycles. The van der Waals surface area contributed by atoms with E-state index in [9.17, 15) is 9.59 Å². The number of rotatable bonds is 7. The number of nitrogens with zero attached hydrogens (tertiary/aromatic N) is 1. The molecule has 1 atom stereocenters. The summed E-state index contributed by atoms with van der Waals surface area (Å²) in [5, 5.41) is 8.90. The van der Waals surface area contributed by atoms with E-state index in [1.807, 2.05) is 13.8 Å². The molecule has 0 aromatic carbocycles. The summed E-state index contributed by atoms with van der Waals surface area (Å²) in [7, 11) is 1.57. The number of ether oxygens (including phenoxy) is 1. The van der Waals surface area contributed by atoms with E-state index in [1.54, 1.807) is 18.9 Å². The van der Waals surface area contributed by atoms with Crippen LogP contribution in [0.2, 0.25) is 0 Å². The molecule has 1 amide bonds. The molecule has 0 aliphatic rings. The van der Waals surface area contributed by atoms with Gasteiger partial charge in [0.1, 0.15) is 0 Å². The summed E-state index contributed by atoms with van der Waals surface area (Å²) in [4.78, 5) is 24.8. The minimum Gasteiger partial charge on any atom is -0.478 e. The van der Waals surface area contributed by atoms with Crippen LogP contribution in [0, 0.1) is 0 Å². The maximum absolute atomic E-state index is 12.2. The Bertz CT molecular complexity index is 336. The summed E-state index contributed by atoms with van der Waals surface area (Å²) in [6.07, 6.45) is 0.814. The van der Waals surface area contributed by atoms with Gasteiger partial charge >= 0.3 is 5.97 Å². The lowest BCUT2D eigenvalue weighted by atomic mass is 10.1. The Morgan fingerprint density at radius 2 is 1.83 bits per heavy atom. The highest BCUT2D eigenvalue weighted by molar-refractivity contribution is 6.01. The molecule has 5 nitrogen and oxygen atoms in total. The Labute approximate surface area is 108 Å². The van der Waals surface area contributed by atoms with Crippen molar-refractivity contribution in [3.8, 4) is 0 Å². The van der Waals surface area contributed by atoms with Crippen LogP contribution in [0.4, 0.5) is 0 Å². The van der Waals surface area contributed by atoms with E-state index in [2.05, 4.69) is 0 Å². The third-order valence-corrected chi connectivity index (χ3v) is 3.12. The fourth-order valence-electron chi connectivity index (χ4n) is 1.47. The van der Waals surface area contributed by atoms with Gasteiger partial charge < -0.3 is 14.7 Å². The average molecular weight is 257 g/mol. The first-order valence-electron chi connectivity index (χ1n) is 6.07. The number of aliphatic carboxylic acids is 1. The number of methoxy groups -OCH3 is 1. The Kier molecular flexibility index (Phi) is 7.27. The van der Waals surface area contributed by atoms with E-state index < -0.39 is 5.97 Å². The van der Waals surface area contributed by atoms with Gasteiger partial charge in [-0.25, -0.2) is 4.79 Å². The van der Waals surface area contributed by atoms with Crippen molar-refractivity contribution < 1.29 is 19.4 Å². The second-order valence-electron chi connectivity index (χ2n) is 4.30. The molecule has 0 radical (unpaired) electrons. The highest BCUT2D eigenvalue weighted by atomic mass is 16.5. The maximum Gasteiger partial charge on any atom is 0.331 e. The summed E-state index contributed by atoms with van der Waals surface area (Å²) in [6.45, 7) is 7.83. The highest BCUT2D eigenvalue weighted by Crippen LogP contribution is 2.12. The van der Waals surface area contributed by atoms with Crippen LogP contribution in [-0.2, 0) is 14.3 Å². The van der Waals surface area contributed by atoms with Crippen LogP contribution < -0.4 is 0 Å². The summed E-state index contributed by atoms with van der Waals surface area (Å²) in [5.74, 6) is -1.29. The first-order chi connectivity index (χ1) is 8.36. The number of hydrogen-bond donors (Lipinski definition) is 1. The second-order valence-corrected chi connectivity index (χ2v) is 4.30. The van der Waals surface area contributed by atoms with Crippen LogP contribution in [-0.4, -0.2) is 48.2 Å². The minimum atomic E-state index is -1.06. The van der Waals surface area contributed by atoms with Crippen molar-refractivity contribution in [1.29, 1.82) is 0 Å². The van der Waals surface area contributed by atoms with Crippen molar-refractivity contribution >= 4 is 11.9 Å². The molecule has 1 N–H and O–H groups in total. The van der Waals surface area contributed by atoms with Crippen molar-refractivity contribution in [2.75, 3.05) is 20.3 Å². The van der Waals surface area contributed by atoms with Crippen molar-refractivity contribution in [1.82, 2.24) is 4.90 Å². The third kappa shape index (κ3) is 4.49. The number of amides is 1. The van der Waals surface area contributed by atoms with Crippen molar-refractivity contribution in [2.24, 2.45) is 0 Å². The lowest BCUT2D eigenvalue weighted by molar-refractivity contribution is -0.134. The predicted octanol–water partition coefficient (Wildman–Crippen LogP) is 1.68. The number of carbonyl (C=O) groups is 2. The normalized spacial score (nSPS) is 13.8. The fraction of sp³-hybridized carbons (Fsp3) is 0.692. The van der Waals surface area contributed by atoms with Crippen molar-refractivity contribution in [2.45, 2.75) is 40.2 Å². The Hall–Kier alpha value is -1.36. The zero-order chi connectivity index (χ0) is 14.3. The molecule has 0 aliphatic carbocycles. The van der Waals surface area contributed by atoms with Gasteiger partial charge in [0.15, 0.2) is 0 Å². The molecule has 0 aromatic rings. The van der Waals surface area contributed by atoms with Gasteiger partial charge in [-0.05, 0) is 27.2 Å². The number of carbonyl (C=O) groups excluding carboxylic acids is 1. The van der Waals surface area contributed by atoms with Crippen LogP contribution in [0.15, 0.2) is 11.1 Å². The lowest BCUT2D eigenvalue weighted by Crippen LogP contribution is -2.41. The van der Waals surface area contributed by atoms with E-state index in [0.717, 1.165) is 6.42 Å². The predicted molar refractivity (Wildman–Crippen MR) is 69.4 cm³/mol. The zero-order valence-corrected chi connectivity index (χ0v) is 11.8. The second kappa shape index (κ2) is 7.87. The summed E-state index contributed by atoms with van der Waals surface area (Å²) in [6, 6.07) is 0.0594. The molecule has 104 valence electrons. The van der Waals surface area contributed by atoms with Gasteiger partial charge in [0, 0.05) is 30.8 Å². The Morgan fingerprint density at radius 3 is 2.22 bits per heavy atom. The monoisotopic (exact) mass is 257 g/mol. The summed E-state index contributed by atoms with van der Waals surface area (Å²) in [5.41, 5.74) is 0.365. The first kappa shape index (κ1) is 16.6. The molecule has 0 aromatic heterocycles. The van der Waals surface area contributed by atoms with E-state index >= 15 is 0 Å². The van der Waals surface area contributed by atoms with Gasteiger partial charge in [-0.3, -0.25) is 4.79 Å². The molecular weight excluding hydrogens is 234 g/mol. The van der Waals surface area contributed by atoms with E-state index in [4.69, 9.17) is 9.84 Å². The van der Waals surface area contributed by atoms with Crippen LogP contribution in [0.3, 0.4) is 0 Å². The SMILES string of the molecule is CCC(C)N(CCOC)C(=O)/C(C)=C(/C)C(=O)O. The van der Waals surface area contributed by atoms with Crippen molar-refractivity contribution in [3.63, 3.8) is 0 Å². The molecule has 0 aliphatic heterocycles. The van der Waals surface area contributed by atoms with Gasteiger partial charge in [-0.15, -0.1) is 0 Å². The summed E-state index contributed by atoms with van der Waals surface area (Å²) >= 11 is 0. The van der Waals surface area contributed by atoms with Crippen LogP contribution in [0.25, 0.3) is 0 Å². The Morgan fingerprint density at radius 1 is 1.28 bits per heavy atom. The largest absolute Gasteiger partial charge is 0.478 e.